The van der Waals surface area contributed by atoms with Crippen LogP contribution in [-0.4, -0.2) is 16.9 Å². The van der Waals surface area contributed by atoms with Crippen molar-refractivity contribution >= 4 is 21.5 Å². The van der Waals surface area contributed by atoms with Gasteiger partial charge in [0.05, 0.1) is 16.1 Å². The molecule has 0 atom stereocenters. The molecule has 2 N–H and O–H groups in total. The van der Waals surface area contributed by atoms with Gasteiger partial charge in [0.15, 0.2) is 0 Å². The van der Waals surface area contributed by atoms with E-state index in [2.05, 4.69) is 9.98 Å². The predicted molar refractivity (Wildman–Crippen MR) is 72.0 cm³/mol. The molecule has 0 amide bonds. The first-order valence-electron chi connectivity index (χ1n) is 6.01. The highest BCUT2D eigenvalue weighted by molar-refractivity contribution is 6.10. The van der Waals surface area contributed by atoms with Crippen LogP contribution in [0, 0.1) is 0 Å². The highest BCUT2D eigenvalue weighted by Crippen LogP contribution is 2.39. The zero-order valence-electron chi connectivity index (χ0n) is 9.96. The number of hydrogen-bond acceptors (Lipinski definition) is 4. The molecule has 3 aromatic rings. The van der Waals surface area contributed by atoms with Gasteiger partial charge in [-0.1, -0.05) is 24.3 Å². The average molecular weight is 250 g/mol. The first-order chi connectivity index (χ1) is 9.27. The quantitative estimate of drug-likeness (QED) is 0.470. The van der Waals surface area contributed by atoms with Gasteiger partial charge >= 0.3 is 0 Å². The van der Waals surface area contributed by atoms with Crippen LogP contribution in [0.5, 0.6) is 11.5 Å². The molecule has 4 nitrogen and oxygen atoms in total. The summed E-state index contributed by atoms with van der Waals surface area (Å²) in [7, 11) is 0. The summed E-state index contributed by atoms with van der Waals surface area (Å²) in [6.45, 7) is 0.376. The van der Waals surface area contributed by atoms with E-state index in [0.29, 0.717) is 33.6 Å². The summed E-state index contributed by atoms with van der Waals surface area (Å²) in [6.07, 6.45) is 0. The molecule has 0 bridgehead atoms. The summed E-state index contributed by atoms with van der Waals surface area (Å²) < 4.78 is 0. The minimum Gasteiger partial charge on any atom is -0.507 e. The zero-order valence-corrected chi connectivity index (χ0v) is 9.96. The molecule has 1 heterocycles. The van der Waals surface area contributed by atoms with Gasteiger partial charge in [0.25, 0.3) is 0 Å². The van der Waals surface area contributed by atoms with Gasteiger partial charge in [-0.15, -0.1) is 0 Å². The van der Waals surface area contributed by atoms with Crippen LogP contribution in [0.15, 0.2) is 46.4 Å². The number of fused-ring (bicyclic) bond motifs is 4. The van der Waals surface area contributed by atoms with Crippen LogP contribution in [0.1, 0.15) is 0 Å². The Morgan fingerprint density at radius 3 is 2.32 bits per heavy atom. The summed E-state index contributed by atoms with van der Waals surface area (Å²) in [4.78, 5) is 8.54. The minimum atomic E-state index is 0.154. The molecular formula is C15H10N2O2. The summed E-state index contributed by atoms with van der Waals surface area (Å²) >= 11 is 0. The lowest BCUT2D eigenvalue weighted by molar-refractivity contribution is 0.478. The molecule has 3 aromatic carbocycles. The van der Waals surface area contributed by atoms with Gasteiger partial charge in [-0.05, 0) is 12.1 Å². The van der Waals surface area contributed by atoms with Gasteiger partial charge in [0.2, 0.25) is 0 Å². The highest BCUT2D eigenvalue weighted by Gasteiger charge is 2.15. The monoisotopic (exact) mass is 250 g/mol. The Morgan fingerprint density at radius 2 is 1.53 bits per heavy atom. The lowest BCUT2D eigenvalue weighted by Crippen LogP contribution is -2.22. The van der Waals surface area contributed by atoms with Crippen molar-refractivity contribution in [1.82, 2.24) is 0 Å². The Kier molecular flexibility index (Phi) is 1.87. The SMILES string of the molecule is Oc1c2ccccc2c(O)c2c3c(ccc12)=NCN=3. The fourth-order valence-electron chi connectivity index (χ4n) is 2.66. The number of aromatic hydroxyl groups is 2. The van der Waals surface area contributed by atoms with Crippen molar-refractivity contribution in [2.24, 2.45) is 9.98 Å². The molecule has 0 radical (unpaired) electrons. The molecule has 92 valence electrons. The van der Waals surface area contributed by atoms with Gasteiger partial charge in [0, 0.05) is 16.2 Å². The smallest absolute Gasteiger partial charge is 0.133 e. The first kappa shape index (κ1) is 10.3. The van der Waals surface area contributed by atoms with E-state index in [1.807, 2.05) is 18.2 Å². The van der Waals surface area contributed by atoms with Crippen LogP contribution >= 0.6 is 0 Å². The third-order valence-electron chi connectivity index (χ3n) is 3.56. The third kappa shape index (κ3) is 1.23. The van der Waals surface area contributed by atoms with E-state index >= 15 is 0 Å². The summed E-state index contributed by atoms with van der Waals surface area (Å²) in [6, 6.07) is 10.8. The van der Waals surface area contributed by atoms with Crippen LogP contribution in [-0.2, 0) is 0 Å². The molecule has 4 heteroatoms. The van der Waals surface area contributed by atoms with E-state index in [9.17, 15) is 10.2 Å². The summed E-state index contributed by atoms with van der Waals surface area (Å²) in [5.41, 5.74) is 0. The van der Waals surface area contributed by atoms with Crippen LogP contribution in [0.4, 0.5) is 0 Å². The molecule has 0 fully saturated rings. The number of rotatable bonds is 0. The molecule has 0 saturated carbocycles. The second kappa shape index (κ2) is 3.45. The Morgan fingerprint density at radius 1 is 0.789 bits per heavy atom. The zero-order chi connectivity index (χ0) is 13.0. The van der Waals surface area contributed by atoms with Gasteiger partial charge < -0.3 is 10.2 Å². The molecule has 19 heavy (non-hydrogen) atoms. The fourth-order valence-corrected chi connectivity index (χ4v) is 2.66. The normalized spacial score (nSPS) is 13.3. The van der Waals surface area contributed by atoms with Crippen LogP contribution in [0.3, 0.4) is 0 Å². The van der Waals surface area contributed by atoms with Gasteiger partial charge in [-0.25, -0.2) is 0 Å². The van der Waals surface area contributed by atoms with E-state index in [1.54, 1.807) is 18.2 Å². The summed E-state index contributed by atoms with van der Waals surface area (Å²) in [5, 5.41) is 24.7. The van der Waals surface area contributed by atoms with E-state index in [1.165, 1.54) is 0 Å². The Labute approximate surface area is 108 Å². The molecule has 4 rings (SSSR count). The highest BCUT2D eigenvalue weighted by atomic mass is 16.3. The van der Waals surface area contributed by atoms with E-state index in [0.717, 1.165) is 5.36 Å². The minimum absolute atomic E-state index is 0.154. The number of nitrogens with zero attached hydrogens (tertiary/aromatic N) is 2. The predicted octanol–water partition coefficient (Wildman–Crippen LogP) is 1.61. The first-order valence-corrected chi connectivity index (χ1v) is 6.01. The van der Waals surface area contributed by atoms with Crippen molar-refractivity contribution in [1.29, 1.82) is 0 Å². The Balaban J connectivity index is 2.42. The molecule has 0 unspecified atom stereocenters. The fraction of sp³-hybridized carbons (Fsp3) is 0.0667. The standard InChI is InChI=1S/C15H10N2O2/c18-14-8-3-1-2-4-9(8)15(19)12-10(14)5-6-11-13(12)17-7-16-11/h1-6,18-19H,7H2. The lowest BCUT2D eigenvalue weighted by atomic mass is 10.00. The van der Waals surface area contributed by atoms with Crippen LogP contribution in [0.25, 0.3) is 21.5 Å². The number of phenolic OH excluding ortho intramolecular Hbond substituents is 2. The molecular weight excluding hydrogens is 240 g/mol. The molecule has 0 spiro atoms. The van der Waals surface area contributed by atoms with Crippen molar-refractivity contribution in [2.45, 2.75) is 0 Å². The largest absolute Gasteiger partial charge is 0.507 e. The van der Waals surface area contributed by atoms with Crippen molar-refractivity contribution in [3.05, 3.63) is 47.1 Å². The number of phenols is 2. The van der Waals surface area contributed by atoms with Crippen molar-refractivity contribution in [2.75, 3.05) is 6.67 Å². The van der Waals surface area contributed by atoms with Gasteiger partial charge in [-0.2, -0.15) is 0 Å². The summed E-state index contributed by atoms with van der Waals surface area (Å²) in [5.74, 6) is 0.328. The number of hydrogen-bond donors (Lipinski definition) is 2. The van der Waals surface area contributed by atoms with Crippen molar-refractivity contribution in [3.8, 4) is 11.5 Å². The maximum atomic E-state index is 10.5. The Hall–Kier alpha value is -2.62. The number of benzene rings is 3. The molecule has 1 aliphatic rings. The van der Waals surface area contributed by atoms with Crippen LogP contribution in [0.2, 0.25) is 0 Å². The second-order valence-electron chi connectivity index (χ2n) is 4.56. The Bertz CT molecular complexity index is 961. The van der Waals surface area contributed by atoms with Crippen LogP contribution < -0.4 is 10.7 Å². The van der Waals surface area contributed by atoms with E-state index in [4.69, 9.17) is 0 Å². The lowest BCUT2D eigenvalue weighted by Gasteiger charge is -2.09. The van der Waals surface area contributed by atoms with Crippen molar-refractivity contribution in [3.63, 3.8) is 0 Å². The van der Waals surface area contributed by atoms with Gasteiger partial charge in [-0.3, -0.25) is 9.98 Å². The second-order valence-corrected chi connectivity index (χ2v) is 4.56. The maximum Gasteiger partial charge on any atom is 0.133 e. The topological polar surface area (TPSA) is 65.2 Å². The maximum absolute atomic E-state index is 10.5. The van der Waals surface area contributed by atoms with Gasteiger partial charge in [0.1, 0.15) is 18.2 Å². The van der Waals surface area contributed by atoms with E-state index < -0.39 is 0 Å². The average Bonchev–Trinajstić information content (AvgIpc) is 2.92. The molecule has 0 aromatic heterocycles. The molecule has 1 aliphatic heterocycles. The molecule has 0 aliphatic carbocycles. The third-order valence-corrected chi connectivity index (χ3v) is 3.56. The van der Waals surface area contributed by atoms with Crippen molar-refractivity contribution < 1.29 is 10.2 Å². The molecule has 0 saturated heterocycles. The van der Waals surface area contributed by atoms with E-state index in [-0.39, 0.29) is 11.5 Å².